The maximum Gasteiger partial charge on any atom is 0.252 e. The van der Waals surface area contributed by atoms with Gasteiger partial charge >= 0.3 is 0 Å². The lowest BCUT2D eigenvalue weighted by Gasteiger charge is -2.44. The van der Waals surface area contributed by atoms with E-state index in [0.29, 0.717) is 48.9 Å². The van der Waals surface area contributed by atoms with E-state index in [4.69, 9.17) is 11.6 Å². The van der Waals surface area contributed by atoms with Crippen LogP contribution < -0.4 is 10.6 Å². The van der Waals surface area contributed by atoms with Gasteiger partial charge in [0, 0.05) is 31.7 Å². The van der Waals surface area contributed by atoms with E-state index >= 15 is 0 Å². The van der Waals surface area contributed by atoms with Crippen molar-refractivity contribution >= 4 is 38.8 Å². The summed E-state index contributed by atoms with van der Waals surface area (Å²) in [7, 11) is -3.55. The van der Waals surface area contributed by atoms with Crippen molar-refractivity contribution in [3.05, 3.63) is 52.1 Å². The number of nitrogens with zero attached hydrogens (tertiary/aromatic N) is 2. The summed E-state index contributed by atoms with van der Waals surface area (Å²) < 4.78 is 41.9. The van der Waals surface area contributed by atoms with E-state index in [0.717, 1.165) is 23.7 Å². The second kappa shape index (κ2) is 8.31. The predicted molar refractivity (Wildman–Crippen MR) is 114 cm³/mol. The minimum Gasteiger partial charge on any atom is -0.368 e. The first kappa shape index (κ1) is 20.7. The van der Waals surface area contributed by atoms with Gasteiger partial charge in [0.2, 0.25) is 0 Å². The Labute approximate surface area is 178 Å². The number of hydrogen-bond donors (Lipinski definition) is 2. The molecular formula is C19H22ClFN4O2S2. The summed E-state index contributed by atoms with van der Waals surface area (Å²) in [6, 6.07) is 9.80. The van der Waals surface area contributed by atoms with Crippen molar-refractivity contribution in [3.8, 4) is 0 Å². The summed E-state index contributed by atoms with van der Waals surface area (Å²) in [6.07, 6.45) is 1.18. The number of halogens is 2. The number of benzene rings is 1. The maximum absolute atomic E-state index is 13.9. The minimum absolute atomic E-state index is 0.256. The number of piperidine rings is 1. The van der Waals surface area contributed by atoms with Crippen LogP contribution in [0.2, 0.25) is 4.34 Å². The van der Waals surface area contributed by atoms with Gasteiger partial charge in [0.05, 0.1) is 16.4 Å². The van der Waals surface area contributed by atoms with Crippen molar-refractivity contribution < 1.29 is 12.8 Å². The van der Waals surface area contributed by atoms with Gasteiger partial charge < -0.3 is 10.6 Å². The van der Waals surface area contributed by atoms with Gasteiger partial charge in [-0.15, -0.1) is 11.3 Å². The Bertz CT molecular complexity index is 1020. The molecule has 0 unspecified atom stereocenters. The predicted octanol–water partition coefficient (Wildman–Crippen LogP) is 2.86. The zero-order valence-corrected chi connectivity index (χ0v) is 18.1. The summed E-state index contributed by atoms with van der Waals surface area (Å²) in [6.45, 7) is 2.47. The quantitative estimate of drug-likeness (QED) is 0.742. The topological polar surface area (TPSA) is 73.8 Å². The Morgan fingerprint density at radius 2 is 2.00 bits per heavy atom. The van der Waals surface area contributed by atoms with Crippen LogP contribution in [0, 0.1) is 5.82 Å². The lowest BCUT2D eigenvalue weighted by Crippen LogP contribution is -2.64. The summed E-state index contributed by atoms with van der Waals surface area (Å²) in [4.78, 5) is 4.64. The highest BCUT2D eigenvalue weighted by atomic mass is 35.5. The molecular weight excluding hydrogens is 435 g/mol. The van der Waals surface area contributed by atoms with E-state index in [9.17, 15) is 12.8 Å². The number of nitrogens with one attached hydrogen (secondary N) is 2. The zero-order chi connectivity index (χ0) is 20.5. The van der Waals surface area contributed by atoms with E-state index in [1.807, 2.05) is 0 Å². The highest BCUT2D eigenvalue weighted by molar-refractivity contribution is 7.91. The molecule has 6 nitrogen and oxygen atoms in total. The van der Waals surface area contributed by atoms with E-state index in [2.05, 4.69) is 15.6 Å². The van der Waals surface area contributed by atoms with E-state index in [1.165, 1.54) is 10.4 Å². The van der Waals surface area contributed by atoms with Crippen LogP contribution in [-0.4, -0.2) is 50.3 Å². The number of thiophene rings is 1. The summed E-state index contributed by atoms with van der Waals surface area (Å²) in [5.41, 5.74) is 0.160. The zero-order valence-electron chi connectivity index (χ0n) is 15.7. The second-order valence-electron chi connectivity index (χ2n) is 7.15. The van der Waals surface area contributed by atoms with Crippen molar-refractivity contribution in [2.45, 2.75) is 29.1 Å². The molecule has 1 aromatic carbocycles. The lowest BCUT2D eigenvalue weighted by atomic mass is 9.85. The normalized spacial score (nSPS) is 19.9. The van der Waals surface area contributed by atoms with Crippen molar-refractivity contribution in [2.75, 3.05) is 26.2 Å². The fourth-order valence-corrected chi connectivity index (χ4v) is 6.91. The van der Waals surface area contributed by atoms with Crippen molar-refractivity contribution in [3.63, 3.8) is 0 Å². The molecule has 0 radical (unpaired) electrons. The van der Waals surface area contributed by atoms with Gasteiger partial charge in [0.25, 0.3) is 10.0 Å². The van der Waals surface area contributed by atoms with Gasteiger partial charge in [0.15, 0.2) is 0 Å². The number of rotatable bonds is 4. The second-order valence-corrected chi connectivity index (χ2v) is 11.0. The monoisotopic (exact) mass is 456 g/mol. The van der Waals surface area contributed by atoms with Crippen LogP contribution in [0.5, 0.6) is 0 Å². The molecule has 2 aliphatic heterocycles. The molecule has 0 bridgehead atoms. The highest BCUT2D eigenvalue weighted by Gasteiger charge is 2.43. The van der Waals surface area contributed by atoms with E-state index < -0.39 is 15.6 Å². The van der Waals surface area contributed by atoms with Gasteiger partial charge in [0.1, 0.15) is 15.9 Å². The standard InChI is InChI=1S/C19H22ClFN4O2S2/c20-16-5-6-17(28-16)29(26,27)25-11-7-19(8-12-25)18(22-9-10-24-19)23-13-14-3-1-2-4-15(14)21/h1-6,24H,7-13H2,(H,22,23). The fourth-order valence-electron chi connectivity index (χ4n) is 3.83. The fraction of sp³-hybridized carbons (Fsp3) is 0.421. The SMILES string of the molecule is O=S(=O)(c1ccc(Cl)s1)N1CCC2(CC1)NCCN=C2NCc1ccccc1F. The van der Waals surface area contributed by atoms with Crippen LogP contribution in [0.1, 0.15) is 18.4 Å². The summed E-state index contributed by atoms with van der Waals surface area (Å²) in [5, 5.41) is 6.82. The van der Waals surface area contributed by atoms with Crippen LogP contribution in [0.25, 0.3) is 0 Å². The van der Waals surface area contributed by atoms with Crippen molar-refractivity contribution in [1.82, 2.24) is 14.9 Å². The van der Waals surface area contributed by atoms with Gasteiger partial charge in [-0.05, 0) is 31.0 Å². The van der Waals surface area contributed by atoms with Crippen LogP contribution in [0.3, 0.4) is 0 Å². The Morgan fingerprint density at radius 3 is 2.69 bits per heavy atom. The molecule has 1 saturated heterocycles. The van der Waals surface area contributed by atoms with Crippen molar-refractivity contribution in [1.29, 1.82) is 0 Å². The van der Waals surface area contributed by atoms with Gasteiger partial charge in [-0.1, -0.05) is 29.8 Å². The number of hydrogen-bond acceptors (Lipinski definition) is 6. The molecule has 1 spiro atoms. The third-order valence-electron chi connectivity index (χ3n) is 5.42. The Hall–Kier alpha value is -1.52. The van der Waals surface area contributed by atoms with Crippen LogP contribution in [-0.2, 0) is 16.6 Å². The number of amidine groups is 1. The summed E-state index contributed by atoms with van der Waals surface area (Å²) in [5.74, 6) is 0.525. The average molecular weight is 457 g/mol. The molecule has 0 aliphatic carbocycles. The Balaban J connectivity index is 1.46. The molecule has 2 aliphatic rings. The van der Waals surface area contributed by atoms with Crippen LogP contribution in [0.4, 0.5) is 4.39 Å². The van der Waals surface area contributed by atoms with Gasteiger partial charge in [-0.2, -0.15) is 4.31 Å². The van der Waals surface area contributed by atoms with Crippen molar-refractivity contribution in [2.24, 2.45) is 4.99 Å². The summed E-state index contributed by atoms with van der Waals surface area (Å²) >= 11 is 6.98. The Morgan fingerprint density at radius 1 is 1.24 bits per heavy atom. The molecule has 29 heavy (non-hydrogen) atoms. The van der Waals surface area contributed by atoms with E-state index in [-0.39, 0.29) is 10.0 Å². The van der Waals surface area contributed by atoms with E-state index in [1.54, 1.807) is 30.3 Å². The van der Waals surface area contributed by atoms with Crippen LogP contribution in [0.15, 0.2) is 45.6 Å². The smallest absolute Gasteiger partial charge is 0.252 e. The molecule has 1 fully saturated rings. The molecule has 2 N–H and O–H groups in total. The van der Waals surface area contributed by atoms with Gasteiger partial charge in [-0.25, -0.2) is 12.8 Å². The molecule has 10 heteroatoms. The molecule has 4 rings (SSSR count). The average Bonchev–Trinajstić information content (AvgIpc) is 3.16. The lowest BCUT2D eigenvalue weighted by molar-refractivity contribution is 0.241. The highest BCUT2D eigenvalue weighted by Crippen LogP contribution is 2.32. The van der Waals surface area contributed by atoms with Gasteiger partial charge in [-0.3, -0.25) is 4.99 Å². The molecule has 3 heterocycles. The third-order valence-corrected chi connectivity index (χ3v) is 9.02. The molecule has 0 atom stereocenters. The maximum atomic E-state index is 13.9. The molecule has 0 amide bonds. The largest absolute Gasteiger partial charge is 0.368 e. The number of sulfonamides is 1. The molecule has 2 aromatic rings. The van der Waals surface area contributed by atoms with Crippen LogP contribution >= 0.6 is 22.9 Å². The number of aliphatic imine (C=N–C) groups is 1. The minimum atomic E-state index is -3.55. The first-order valence-corrected chi connectivity index (χ1v) is 12.1. The molecule has 0 saturated carbocycles. The Kier molecular flexibility index (Phi) is 5.94. The molecule has 1 aromatic heterocycles. The third kappa shape index (κ3) is 4.20. The first-order chi connectivity index (χ1) is 13.9. The first-order valence-electron chi connectivity index (χ1n) is 9.43. The molecule has 156 valence electrons.